The van der Waals surface area contributed by atoms with Crippen LogP contribution in [0.25, 0.3) is 11.3 Å². The highest BCUT2D eigenvalue weighted by molar-refractivity contribution is 5.93. The van der Waals surface area contributed by atoms with E-state index >= 15 is 0 Å². The Labute approximate surface area is 116 Å². The molecule has 0 aromatic carbocycles. The minimum absolute atomic E-state index is 0.113. The third-order valence-electron chi connectivity index (χ3n) is 3.58. The van der Waals surface area contributed by atoms with Crippen LogP contribution >= 0.6 is 0 Å². The van der Waals surface area contributed by atoms with Crippen molar-refractivity contribution in [2.75, 3.05) is 20.1 Å². The molecule has 2 aromatic heterocycles. The monoisotopic (exact) mass is 272 g/mol. The van der Waals surface area contributed by atoms with Gasteiger partial charge in [-0.25, -0.2) is 0 Å². The van der Waals surface area contributed by atoms with Crippen molar-refractivity contribution >= 4 is 5.91 Å². The Kier molecular flexibility index (Phi) is 3.47. The van der Waals surface area contributed by atoms with Crippen LogP contribution in [-0.2, 0) is 0 Å². The lowest BCUT2D eigenvalue weighted by molar-refractivity contribution is 0.0733. The van der Waals surface area contributed by atoms with E-state index in [1.807, 2.05) is 12.1 Å². The molecule has 1 N–H and O–H groups in total. The van der Waals surface area contributed by atoms with Crippen molar-refractivity contribution in [2.24, 2.45) is 0 Å². The molecule has 6 heteroatoms. The summed E-state index contributed by atoms with van der Waals surface area (Å²) in [7, 11) is 1.80. The maximum atomic E-state index is 12.3. The smallest absolute Gasteiger partial charge is 0.276 e. The predicted octanol–water partition coefficient (Wildman–Crippen LogP) is 1.17. The molecule has 20 heavy (non-hydrogen) atoms. The minimum atomic E-state index is -0.113. The first-order valence-corrected chi connectivity index (χ1v) is 6.60. The van der Waals surface area contributed by atoms with Gasteiger partial charge in [-0.05, 0) is 25.1 Å². The number of rotatable bonds is 3. The molecule has 1 amide bonds. The Hall–Kier alpha value is -2.21. The van der Waals surface area contributed by atoms with Gasteiger partial charge in [-0.15, -0.1) is 0 Å². The molecule has 2 aromatic rings. The number of nitrogens with one attached hydrogen (secondary N) is 1. The quantitative estimate of drug-likeness (QED) is 0.908. The van der Waals surface area contributed by atoms with Gasteiger partial charge in [0.15, 0.2) is 11.5 Å². The van der Waals surface area contributed by atoms with Crippen molar-refractivity contribution in [2.45, 2.75) is 12.5 Å². The summed E-state index contributed by atoms with van der Waals surface area (Å²) in [6.45, 7) is 1.78. The Morgan fingerprint density at radius 2 is 2.45 bits per heavy atom. The van der Waals surface area contributed by atoms with E-state index in [4.69, 9.17) is 4.52 Å². The molecule has 1 aliphatic heterocycles. The van der Waals surface area contributed by atoms with Crippen molar-refractivity contribution in [1.29, 1.82) is 0 Å². The molecule has 0 aliphatic carbocycles. The third-order valence-corrected chi connectivity index (χ3v) is 3.58. The molecule has 0 saturated carbocycles. The fourth-order valence-electron chi connectivity index (χ4n) is 2.34. The summed E-state index contributed by atoms with van der Waals surface area (Å²) >= 11 is 0. The van der Waals surface area contributed by atoms with Crippen molar-refractivity contribution < 1.29 is 9.32 Å². The van der Waals surface area contributed by atoms with Gasteiger partial charge in [-0.3, -0.25) is 9.78 Å². The molecule has 1 saturated heterocycles. The number of amides is 1. The summed E-state index contributed by atoms with van der Waals surface area (Å²) in [5.41, 5.74) is 1.14. The second-order valence-corrected chi connectivity index (χ2v) is 4.88. The van der Waals surface area contributed by atoms with E-state index in [1.165, 1.54) is 0 Å². The van der Waals surface area contributed by atoms with Crippen molar-refractivity contribution in [3.05, 3.63) is 36.3 Å². The van der Waals surface area contributed by atoms with Gasteiger partial charge in [0.1, 0.15) is 0 Å². The number of carbonyl (C=O) groups is 1. The van der Waals surface area contributed by atoms with E-state index < -0.39 is 0 Å². The van der Waals surface area contributed by atoms with E-state index in [2.05, 4.69) is 15.5 Å². The first-order valence-electron chi connectivity index (χ1n) is 6.60. The maximum absolute atomic E-state index is 12.3. The predicted molar refractivity (Wildman–Crippen MR) is 73.1 cm³/mol. The molecule has 0 bridgehead atoms. The lowest BCUT2D eigenvalue weighted by Gasteiger charge is -2.22. The zero-order valence-corrected chi connectivity index (χ0v) is 11.2. The van der Waals surface area contributed by atoms with Gasteiger partial charge in [0.05, 0.1) is 0 Å². The molecular formula is C14H16N4O2. The lowest BCUT2D eigenvalue weighted by Crippen LogP contribution is -2.38. The van der Waals surface area contributed by atoms with Gasteiger partial charge >= 0.3 is 0 Å². The largest absolute Gasteiger partial charge is 0.355 e. The van der Waals surface area contributed by atoms with Gasteiger partial charge in [-0.1, -0.05) is 5.16 Å². The topological polar surface area (TPSA) is 71.3 Å². The van der Waals surface area contributed by atoms with E-state index in [0.29, 0.717) is 11.5 Å². The van der Waals surface area contributed by atoms with Gasteiger partial charge in [0.2, 0.25) is 0 Å². The van der Waals surface area contributed by atoms with Crippen LogP contribution in [0.5, 0.6) is 0 Å². The SMILES string of the molecule is CN(C(=O)c1cc(-c2cccnc2)on1)C1CCNC1. The molecule has 1 fully saturated rings. The Morgan fingerprint density at radius 3 is 3.15 bits per heavy atom. The number of carbonyl (C=O) groups excluding carboxylic acids is 1. The first-order chi connectivity index (χ1) is 9.75. The van der Waals surface area contributed by atoms with Gasteiger partial charge in [0, 0.05) is 43.7 Å². The highest BCUT2D eigenvalue weighted by Gasteiger charge is 2.26. The number of pyridine rings is 1. The zero-order chi connectivity index (χ0) is 13.9. The Balaban J connectivity index is 1.78. The molecule has 1 aliphatic rings. The standard InChI is InChI=1S/C14H16N4O2/c1-18(11-4-6-16-9-11)14(19)12-7-13(20-17-12)10-3-2-5-15-8-10/h2-3,5,7-8,11,16H,4,6,9H2,1H3. The van der Waals surface area contributed by atoms with Crippen LogP contribution in [0.3, 0.4) is 0 Å². The van der Waals surface area contributed by atoms with Gasteiger partial charge in [-0.2, -0.15) is 0 Å². The number of hydrogen-bond donors (Lipinski definition) is 1. The van der Waals surface area contributed by atoms with E-state index in [-0.39, 0.29) is 11.9 Å². The fraction of sp³-hybridized carbons (Fsp3) is 0.357. The van der Waals surface area contributed by atoms with Crippen LogP contribution in [0, 0.1) is 0 Å². The number of likely N-dealkylation sites (N-methyl/N-ethyl adjacent to an activating group) is 1. The molecule has 3 heterocycles. The van der Waals surface area contributed by atoms with E-state index in [0.717, 1.165) is 25.1 Å². The van der Waals surface area contributed by atoms with Crippen molar-refractivity contribution in [3.8, 4) is 11.3 Å². The van der Waals surface area contributed by atoms with Crippen molar-refractivity contribution in [3.63, 3.8) is 0 Å². The molecule has 3 rings (SSSR count). The summed E-state index contributed by atoms with van der Waals surface area (Å²) in [5.74, 6) is 0.442. The fourth-order valence-corrected chi connectivity index (χ4v) is 2.34. The van der Waals surface area contributed by atoms with Crippen LogP contribution in [0.4, 0.5) is 0 Å². The Bertz CT molecular complexity index is 590. The normalized spacial score (nSPS) is 18.1. The molecule has 6 nitrogen and oxygen atoms in total. The van der Waals surface area contributed by atoms with Crippen LogP contribution in [-0.4, -0.2) is 47.1 Å². The lowest BCUT2D eigenvalue weighted by atomic mass is 10.2. The van der Waals surface area contributed by atoms with E-state index in [1.54, 1.807) is 30.4 Å². The van der Waals surface area contributed by atoms with E-state index in [9.17, 15) is 4.79 Å². The minimum Gasteiger partial charge on any atom is -0.355 e. The number of aromatic nitrogens is 2. The van der Waals surface area contributed by atoms with Crippen molar-refractivity contribution in [1.82, 2.24) is 20.4 Å². The highest BCUT2D eigenvalue weighted by atomic mass is 16.5. The first kappa shape index (κ1) is 12.8. The summed E-state index contributed by atoms with van der Waals surface area (Å²) in [5, 5.41) is 7.12. The highest BCUT2D eigenvalue weighted by Crippen LogP contribution is 2.20. The molecule has 104 valence electrons. The van der Waals surface area contributed by atoms with Crippen LogP contribution in [0.2, 0.25) is 0 Å². The number of hydrogen-bond acceptors (Lipinski definition) is 5. The average Bonchev–Trinajstić information content (AvgIpc) is 3.18. The maximum Gasteiger partial charge on any atom is 0.276 e. The summed E-state index contributed by atoms with van der Waals surface area (Å²) in [6, 6.07) is 5.57. The summed E-state index contributed by atoms with van der Waals surface area (Å²) in [4.78, 5) is 18.1. The molecule has 1 unspecified atom stereocenters. The average molecular weight is 272 g/mol. The molecule has 0 spiro atoms. The van der Waals surface area contributed by atoms with Gasteiger partial charge in [0.25, 0.3) is 5.91 Å². The van der Waals surface area contributed by atoms with Crippen LogP contribution < -0.4 is 5.32 Å². The van der Waals surface area contributed by atoms with Crippen LogP contribution in [0.1, 0.15) is 16.9 Å². The van der Waals surface area contributed by atoms with Gasteiger partial charge < -0.3 is 14.7 Å². The second-order valence-electron chi connectivity index (χ2n) is 4.88. The second kappa shape index (κ2) is 5.42. The third kappa shape index (κ3) is 2.42. The summed E-state index contributed by atoms with van der Waals surface area (Å²) < 4.78 is 5.23. The molecule has 0 radical (unpaired) electrons. The Morgan fingerprint density at radius 1 is 1.55 bits per heavy atom. The zero-order valence-electron chi connectivity index (χ0n) is 11.2. The van der Waals surface area contributed by atoms with Crippen LogP contribution in [0.15, 0.2) is 35.1 Å². The molecular weight excluding hydrogens is 256 g/mol. The summed E-state index contributed by atoms with van der Waals surface area (Å²) in [6.07, 6.45) is 4.34. The number of nitrogens with zero attached hydrogens (tertiary/aromatic N) is 3. The molecule has 1 atom stereocenters.